The topological polar surface area (TPSA) is 78.9 Å². The van der Waals surface area contributed by atoms with Crippen LogP contribution in [0.3, 0.4) is 0 Å². The number of hydrogen-bond donors (Lipinski definition) is 0. The summed E-state index contributed by atoms with van der Waals surface area (Å²) in [4.78, 5) is 40.0. The minimum Gasteiger partial charge on any atom is -0.547 e. The van der Waals surface area contributed by atoms with Gasteiger partial charge in [0.2, 0.25) is 0 Å². The summed E-state index contributed by atoms with van der Waals surface area (Å²) in [5, 5.41) is 0. The number of allylic oxidation sites excluding steroid dienone is 3. The molecule has 0 spiro atoms. The maximum absolute atomic E-state index is 13.3. The zero-order valence-corrected chi connectivity index (χ0v) is 45.1. The van der Waals surface area contributed by atoms with Gasteiger partial charge in [0.1, 0.15) is 0 Å². The van der Waals surface area contributed by atoms with Gasteiger partial charge in [-0.1, -0.05) is 272 Å². The molecule has 0 amide bonds. The number of carbonyl (C=O) groups excluding carboxylic acids is 3. The largest absolute Gasteiger partial charge is 1.20 e. The molecule has 0 aliphatic rings. The summed E-state index contributed by atoms with van der Waals surface area (Å²) < 4.78 is 17.2. The molecule has 0 rings (SSSR count). The van der Waals surface area contributed by atoms with Gasteiger partial charge in [0.15, 0.2) is 0 Å². The van der Waals surface area contributed by atoms with Gasteiger partial charge in [-0.25, -0.2) is 0 Å². The van der Waals surface area contributed by atoms with E-state index in [2.05, 4.69) is 41.5 Å². The average Bonchev–Trinajstić information content (AvgIpc) is 3.28. The summed E-state index contributed by atoms with van der Waals surface area (Å²) in [5.74, 6) is -0.450. The summed E-state index contributed by atoms with van der Waals surface area (Å²) >= 11 is -3.52. The van der Waals surface area contributed by atoms with E-state index in [0.717, 1.165) is 38.5 Å². The minimum atomic E-state index is -3.52. The van der Waals surface area contributed by atoms with Crippen LogP contribution in [-0.2, 0) is 25.7 Å². The molecule has 0 aliphatic heterocycles. The smallest absolute Gasteiger partial charge is 0.547 e. The van der Waals surface area contributed by atoms with Crippen LogP contribution in [0.4, 0.5) is 0 Å². The Balaban J connectivity index is 5.19. The van der Waals surface area contributed by atoms with Crippen molar-refractivity contribution < 1.29 is 25.7 Å². The first-order valence-electron chi connectivity index (χ1n) is 27.6. The zero-order valence-electron chi connectivity index (χ0n) is 43.9. The second-order valence-electron chi connectivity index (χ2n) is 20.1. The fraction of sp³-hybridized carbons (Fsp3) is 0.842. The predicted molar refractivity (Wildman–Crippen MR) is 276 cm³/mol. The Morgan fingerprint density at radius 3 is 0.734 bits per heavy atom. The Labute approximate surface area is 403 Å². The third-order valence-electron chi connectivity index (χ3n) is 13.2. The summed E-state index contributed by atoms with van der Waals surface area (Å²) in [6.45, 7) is 18.7. The van der Waals surface area contributed by atoms with Crippen molar-refractivity contribution in [2.45, 2.75) is 293 Å². The molecule has 64 heavy (non-hydrogen) atoms. The van der Waals surface area contributed by atoms with Gasteiger partial charge in [-0.2, -0.15) is 0 Å². The second kappa shape index (κ2) is 45.0. The van der Waals surface area contributed by atoms with Crippen molar-refractivity contribution in [3.8, 4) is 0 Å². The maximum atomic E-state index is 13.3. The van der Waals surface area contributed by atoms with E-state index in [-0.39, 0.29) is 0 Å². The highest BCUT2D eigenvalue weighted by Crippen LogP contribution is 2.21. The number of unbranched alkanes of at least 4 members (excludes halogenated alkanes) is 27. The molecule has 3 unspecified atom stereocenters. The fourth-order valence-corrected chi connectivity index (χ4v) is 9.52. The highest BCUT2D eigenvalue weighted by Gasteiger charge is 2.49. The van der Waals surface area contributed by atoms with Gasteiger partial charge < -0.3 is 11.4 Å². The van der Waals surface area contributed by atoms with Crippen molar-refractivity contribution in [3.63, 3.8) is 0 Å². The van der Waals surface area contributed by atoms with Gasteiger partial charge in [0.05, 0.1) is 0 Å². The zero-order chi connectivity index (χ0) is 47.5. The van der Waals surface area contributed by atoms with Crippen LogP contribution in [0.25, 0.3) is 0 Å². The van der Waals surface area contributed by atoms with Crippen LogP contribution in [-0.4, -0.2) is 33.1 Å². The van der Waals surface area contributed by atoms with E-state index >= 15 is 0 Å². The van der Waals surface area contributed by atoms with Gasteiger partial charge in [-0.15, -0.1) is 0 Å². The van der Waals surface area contributed by atoms with Crippen LogP contribution in [0, 0.1) is 17.8 Å². The standard InChI is InChI=1S/3C19H36O2.Al/c3*1-4-5-6-7-8-9-10-11-12-13-14-17(2)15-16-18(3)19(20)21;/h3*16-17H,4-15H2,1-3H3,(H,20,21);/q;;;+3/p-3. The van der Waals surface area contributed by atoms with Crippen LogP contribution in [0.5, 0.6) is 0 Å². The van der Waals surface area contributed by atoms with E-state index in [1.54, 1.807) is 20.8 Å². The van der Waals surface area contributed by atoms with E-state index in [1.807, 2.05) is 18.2 Å². The molecule has 0 aromatic rings. The molecule has 0 saturated carbocycles. The first-order valence-corrected chi connectivity index (χ1v) is 29.0. The lowest BCUT2D eigenvalue weighted by Gasteiger charge is -2.15. The predicted octanol–water partition coefficient (Wildman–Crippen LogP) is 18.5. The summed E-state index contributed by atoms with van der Waals surface area (Å²) in [6.07, 6.45) is 51.0. The van der Waals surface area contributed by atoms with Gasteiger partial charge in [-0.05, 0) is 57.8 Å². The molecule has 0 aromatic carbocycles. The van der Waals surface area contributed by atoms with Crippen molar-refractivity contribution in [1.82, 2.24) is 0 Å². The Bertz CT molecular complexity index is 1070. The minimum absolute atomic E-state index is 0.445. The van der Waals surface area contributed by atoms with E-state index in [0.29, 0.717) is 34.5 Å². The maximum Gasteiger partial charge on any atom is 1.20 e. The summed E-state index contributed by atoms with van der Waals surface area (Å²) in [6, 6.07) is 0. The normalized spacial score (nSPS) is 13.7. The monoisotopic (exact) mass is 913 g/mol. The molecular weight excluding hydrogens is 808 g/mol. The van der Waals surface area contributed by atoms with Gasteiger partial charge in [0.25, 0.3) is 0 Å². The van der Waals surface area contributed by atoms with Crippen LogP contribution in [0.15, 0.2) is 34.9 Å². The molecule has 0 aromatic heterocycles. The fourth-order valence-electron chi connectivity index (χ4n) is 8.29. The molecule has 372 valence electrons. The van der Waals surface area contributed by atoms with Crippen LogP contribution in [0.1, 0.15) is 293 Å². The Morgan fingerprint density at radius 2 is 0.531 bits per heavy atom. The molecule has 0 bridgehead atoms. The summed E-state index contributed by atoms with van der Waals surface area (Å²) in [7, 11) is 0. The first kappa shape index (κ1) is 62.2. The van der Waals surface area contributed by atoms with Crippen LogP contribution in [0.2, 0.25) is 0 Å². The lowest BCUT2D eigenvalue weighted by atomic mass is 9.98. The van der Waals surface area contributed by atoms with Gasteiger partial charge >= 0.3 is 33.1 Å². The van der Waals surface area contributed by atoms with E-state index in [4.69, 9.17) is 11.4 Å². The molecular formula is C57H105AlO6. The Morgan fingerprint density at radius 1 is 0.344 bits per heavy atom. The Kier molecular flexibility index (Phi) is 43.7. The lowest BCUT2D eigenvalue weighted by molar-refractivity contribution is -0.143. The molecule has 0 saturated heterocycles. The molecule has 7 heteroatoms. The molecule has 0 radical (unpaired) electrons. The lowest BCUT2D eigenvalue weighted by Crippen LogP contribution is -2.35. The number of hydrogen-bond acceptors (Lipinski definition) is 6. The van der Waals surface area contributed by atoms with Crippen molar-refractivity contribution in [2.75, 3.05) is 0 Å². The average molecular weight is 913 g/mol. The highest BCUT2D eigenvalue weighted by atomic mass is 27.3. The van der Waals surface area contributed by atoms with Crippen LogP contribution >= 0.6 is 0 Å². The SMILES string of the molecule is CCCCCCCCCCCCC(C)CC=C(C)C(=O)[O][Al]([O]C(=O)C(C)=CCC(C)CCCCCCCCCCCC)[O]C(=O)C(C)=CCC(C)CCCCCCCCCCCC. The molecule has 6 nitrogen and oxygen atoms in total. The molecule has 0 fully saturated rings. The highest BCUT2D eigenvalue weighted by molar-refractivity contribution is 6.45. The molecule has 3 atom stereocenters. The third-order valence-corrected chi connectivity index (χ3v) is 14.4. The number of rotatable bonds is 45. The molecule has 0 N–H and O–H groups in total. The van der Waals surface area contributed by atoms with Crippen molar-refractivity contribution >= 4 is 33.1 Å². The van der Waals surface area contributed by atoms with Gasteiger partial charge in [0, 0.05) is 16.7 Å². The van der Waals surface area contributed by atoms with Gasteiger partial charge in [-0.3, -0.25) is 14.4 Å². The third kappa shape index (κ3) is 39.3. The first-order chi connectivity index (χ1) is 30.9. The van der Waals surface area contributed by atoms with Crippen molar-refractivity contribution in [1.29, 1.82) is 0 Å². The second-order valence-corrected chi connectivity index (χ2v) is 21.4. The van der Waals surface area contributed by atoms with E-state index in [9.17, 15) is 14.4 Å². The molecule has 0 heterocycles. The molecule has 0 aliphatic carbocycles. The quantitative estimate of drug-likeness (QED) is 0.0344. The number of carbonyl (C=O) groups is 3. The Hall–Kier alpha value is -1.84. The van der Waals surface area contributed by atoms with Crippen molar-refractivity contribution in [3.05, 3.63) is 34.9 Å². The van der Waals surface area contributed by atoms with Crippen molar-refractivity contribution in [2.24, 2.45) is 17.8 Å². The van der Waals surface area contributed by atoms with E-state index < -0.39 is 33.1 Å². The van der Waals surface area contributed by atoms with E-state index in [1.165, 1.54) is 193 Å². The summed E-state index contributed by atoms with van der Waals surface area (Å²) in [5.41, 5.74) is 1.34. The van der Waals surface area contributed by atoms with Crippen LogP contribution < -0.4 is 0 Å².